The molecule has 0 fully saturated rings. The van der Waals surface area contributed by atoms with Crippen LogP contribution in [0.15, 0.2) is 72.8 Å². The van der Waals surface area contributed by atoms with Crippen molar-refractivity contribution in [1.82, 2.24) is 0 Å². The number of nitrogen functional groups attached to an aromatic ring is 2. The molecule has 4 rings (SSSR count). The van der Waals surface area contributed by atoms with Crippen molar-refractivity contribution in [3.05, 3.63) is 83.9 Å². The summed E-state index contributed by atoms with van der Waals surface area (Å²) >= 11 is 0. The van der Waals surface area contributed by atoms with E-state index in [2.05, 4.69) is 0 Å². The number of hydrogen-bond donors (Lipinski definition) is 2. The van der Waals surface area contributed by atoms with Crippen LogP contribution >= 0.6 is 0 Å². The molecule has 4 aromatic carbocycles. The van der Waals surface area contributed by atoms with E-state index in [-0.39, 0.29) is 11.1 Å². The zero-order chi connectivity index (χ0) is 19.0. The van der Waals surface area contributed by atoms with Gasteiger partial charge >= 0.3 is 11.9 Å². The van der Waals surface area contributed by atoms with Gasteiger partial charge in [0.15, 0.2) is 0 Å². The maximum absolute atomic E-state index is 12.7. The predicted molar refractivity (Wildman–Crippen MR) is 106 cm³/mol. The Labute approximate surface area is 155 Å². The van der Waals surface area contributed by atoms with E-state index in [1.54, 1.807) is 24.3 Å². The number of rotatable bonds is 2. The molecule has 0 unspecified atom stereocenters. The first kappa shape index (κ1) is 16.6. The second-order valence-corrected chi connectivity index (χ2v) is 6.26. The molecule has 4 aromatic rings. The molecule has 27 heavy (non-hydrogen) atoms. The van der Waals surface area contributed by atoms with Crippen molar-refractivity contribution in [1.29, 1.82) is 0 Å². The molecule has 0 spiro atoms. The fraction of sp³-hybridized carbons (Fsp3) is 0. The molecule has 132 valence electrons. The standard InChI is InChI=1S/C22H16N2O3/c23-15-9-13-5-1-3-7-17(13)19(11-15)21(25)27-22(26)20-12-16(24)10-14-6-2-4-8-18(14)20/h1-12H,23-24H2. The molecule has 0 aliphatic heterocycles. The summed E-state index contributed by atoms with van der Waals surface area (Å²) in [6, 6.07) is 21.1. The molecule has 0 bridgehead atoms. The summed E-state index contributed by atoms with van der Waals surface area (Å²) in [5.41, 5.74) is 13.1. The normalized spacial score (nSPS) is 10.8. The van der Waals surface area contributed by atoms with E-state index in [1.807, 2.05) is 36.4 Å². The molecule has 0 saturated carbocycles. The molecule has 4 N–H and O–H groups in total. The molecular weight excluding hydrogens is 340 g/mol. The molecule has 0 amide bonds. The molecule has 5 heteroatoms. The van der Waals surface area contributed by atoms with E-state index in [0.29, 0.717) is 22.1 Å². The number of ether oxygens (including phenoxy) is 1. The second-order valence-electron chi connectivity index (χ2n) is 6.26. The van der Waals surface area contributed by atoms with E-state index >= 15 is 0 Å². The number of fused-ring (bicyclic) bond motifs is 2. The number of anilines is 2. The molecule has 5 nitrogen and oxygen atoms in total. The fourth-order valence-electron chi connectivity index (χ4n) is 3.20. The summed E-state index contributed by atoms with van der Waals surface area (Å²) in [7, 11) is 0. The monoisotopic (exact) mass is 356 g/mol. The largest absolute Gasteiger partial charge is 0.399 e. The summed E-state index contributed by atoms with van der Waals surface area (Å²) in [6.07, 6.45) is 0. The van der Waals surface area contributed by atoms with Gasteiger partial charge in [0.1, 0.15) is 0 Å². The SMILES string of the molecule is Nc1cc(C(=O)OC(=O)c2cc(N)cc3ccccc23)c2ccccc2c1. The first-order valence-electron chi connectivity index (χ1n) is 8.36. The first-order chi connectivity index (χ1) is 13.0. The van der Waals surface area contributed by atoms with Crippen molar-refractivity contribution < 1.29 is 14.3 Å². The van der Waals surface area contributed by atoms with Crippen LogP contribution in [0.3, 0.4) is 0 Å². The van der Waals surface area contributed by atoms with Crippen LogP contribution in [0.2, 0.25) is 0 Å². The summed E-state index contributed by atoms with van der Waals surface area (Å²) in [5, 5.41) is 2.93. The predicted octanol–water partition coefficient (Wildman–Crippen LogP) is 4.15. The molecular formula is C22H16N2O3. The molecule has 0 aliphatic carbocycles. The number of esters is 2. The van der Waals surface area contributed by atoms with Gasteiger partial charge in [-0.25, -0.2) is 9.59 Å². The van der Waals surface area contributed by atoms with Gasteiger partial charge in [-0.2, -0.15) is 0 Å². The molecule has 0 heterocycles. The minimum absolute atomic E-state index is 0.243. The second kappa shape index (κ2) is 6.46. The van der Waals surface area contributed by atoms with Gasteiger partial charge in [0, 0.05) is 11.4 Å². The van der Waals surface area contributed by atoms with E-state index in [0.717, 1.165) is 10.8 Å². The van der Waals surface area contributed by atoms with Gasteiger partial charge in [-0.15, -0.1) is 0 Å². The Hall–Kier alpha value is -3.86. The van der Waals surface area contributed by atoms with Crippen LogP contribution in [0.1, 0.15) is 20.7 Å². The van der Waals surface area contributed by atoms with E-state index in [1.165, 1.54) is 12.1 Å². The van der Waals surface area contributed by atoms with Crippen LogP contribution in [-0.4, -0.2) is 11.9 Å². The molecule has 0 atom stereocenters. The highest BCUT2D eigenvalue weighted by atomic mass is 16.6. The highest BCUT2D eigenvalue weighted by Gasteiger charge is 2.20. The molecule has 0 aliphatic rings. The lowest BCUT2D eigenvalue weighted by Gasteiger charge is -2.10. The summed E-state index contributed by atoms with van der Waals surface area (Å²) in [5.74, 6) is -1.51. The van der Waals surface area contributed by atoms with Crippen LogP contribution in [0.25, 0.3) is 21.5 Å². The lowest BCUT2D eigenvalue weighted by molar-refractivity contribution is 0.0400. The average molecular weight is 356 g/mol. The zero-order valence-corrected chi connectivity index (χ0v) is 14.3. The Bertz CT molecular complexity index is 1120. The minimum Gasteiger partial charge on any atom is -0.399 e. The zero-order valence-electron chi connectivity index (χ0n) is 14.3. The number of hydrogen-bond acceptors (Lipinski definition) is 5. The number of carbonyl (C=O) groups excluding carboxylic acids is 2. The van der Waals surface area contributed by atoms with Gasteiger partial charge in [-0.05, 0) is 45.8 Å². The van der Waals surface area contributed by atoms with Gasteiger partial charge in [-0.3, -0.25) is 0 Å². The lowest BCUT2D eigenvalue weighted by Crippen LogP contribution is -2.14. The van der Waals surface area contributed by atoms with Crippen molar-refractivity contribution in [3.63, 3.8) is 0 Å². The van der Waals surface area contributed by atoms with Gasteiger partial charge in [0.2, 0.25) is 0 Å². The summed E-state index contributed by atoms with van der Waals surface area (Å²) < 4.78 is 5.16. The fourth-order valence-corrected chi connectivity index (χ4v) is 3.20. The third kappa shape index (κ3) is 3.06. The molecule has 0 saturated heterocycles. The number of benzene rings is 4. The average Bonchev–Trinajstić information content (AvgIpc) is 2.66. The first-order valence-corrected chi connectivity index (χ1v) is 8.36. The number of nitrogens with two attached hydrogens (primary N) is 2. The van der Waals surface area contributed by atoms with Crippen LogP contribution in [-0.2, 0) is 4.74 Å². The maximum Gasteiger partial charge on any atom is 0.346 e. The minimum atomic E-state index is -0.755. The third-order valence-electron chi connectivity index (χ3n) is 4.39. The maximum atomic E-state index is 12.7. The van der Waals surface area contributed by atoms with Gasteiger partial charge < -0.3 is 16.2 Å². The highest BCUT2D eigenvalue weighted by Crippen LogP contribution is 2.26. The van der Waals surface area contributed by atoms with Gasteiger partial charge in [0.25, 0.3) is 0 Å². The highest BCUT2D eigenvalue weighted by molar-refractivity contribution is 6.14. The van der Waals surface area contributed by atoms with Crippen molar-refractivity contribution in [3.8, 4) is 0 Å². The molecule has 0 radical (unpaired) electrons. The Morgan fingerprint density at radius 2 is 1.04 bits per heavy atom. The quantitative estimate of drug-likeness (QED) is 0.319. The van der Waals surface area contributed by atoms with Crippen LogP contribution in [0.5, 0.6) is 0 Å². The Kier molecular flexibility index (Phi) is 3.97. The summed E-state index contributed by atoms with van der Waals surface area (Å²) in [6.45, 7) is 0. The van der Waals surface area contributed by atoms with E-state index < -0.39 is 11.9 Å². The van der Waals surface area contributed by atoms with Crippen molar-refractivity contribution in [2.45, 2.75) is 0 Å². The van der Waals surface area contributed by atoms with E-state index in [9.17, 15) is 9.59 Å². The van der Waals surface area contributed by atoms with Crippen LogP contribution < -0.4 is 11.5 Å². The Morgan fingerprint density at radius 3 is 1.48 bits per heavy atom. The lowest BCUT2D eigenvalue weighted by atomic mass is 10.0. The third-order valence-corrected chi connectivity index (χ3v) is 4.39. The van der Waals surface area contributed by atoms with E-state index in [4.69, 9.17) is 16.2 Å². The smallest absolute Gasteiger partial charge is 0.346 e. The molecule has 0 aromatic heterocycles. The Morgan fingerprint density at radius 1 is 0.630 bits per heavy atom. The Balaban J connectivity index is 1.74. The van der Waals surface area contributed by atoms with Crippen LogP contribution in [0.4, 0.5) is 11.4 Å². The summed E-state index contributed by atoms with van der Waals surface area (Å²) in [4.78, 5) is 25.4. The topological polar surface area (TPSA) is 95.4 Å². The van der Waals surface area contributed by atoms with Crippen molar-refractivity contribution >= 4 is 44.9 Å². The van der Waals surface area contributed by atoms with Crippen molar-refractivity contribution in [2.24, 2.45) is 0 Å². The number of carbonyl (C=O) groups is 2. The van der Waals surface area contributed by atoms with Crippen molar-refractivity contribution in [2.75, 3.05) is 11.5 Å². The van der Waals surface area contributed by atoms with Gasteiger partial charge in [-0.1, -0.05) is 48.5 Å². The van der Waals surface area contributed by atoms with Gasteiger partial charge in [0.05, 0.1) is 11.1 Å². The van der Waals surface area contributed by atoms with Crippen LogP contribution in [0, 0.1) is 0 Å².